The zero-order valence-electron chi connectivity index (χ0n) is 17.4. The van der Waals surface area contributed by atoms with Crippen LogP contribution in [0.15, 0.2) is 64.3 Å². The minimum atomic E-state index is 0.100. The molecule has 1 aromatic carbocycles. The van der Waals surface area contributed by atoms with Gasteiger partial charge in [0.25, 0.3) is 0 Å². The molecule has 0 spiro atoms. The van der Waals surface area contributed by atoms with Crippen LogP contribution >= 0.6 is 11.8 Å². The average Bonchev–Trinajstić information content (AvgIpc) is 2.81. The number of allylic oxidation sites excluding steroid dienone is 1. The Morgan fingerprint density at radius 1 is 1.10 bits per heavy atom. The van der Waals surface area contributed by atoms with Gasteiger partial charge in [-0.2, -0.15) is 0 Å². The molecule has 1 fully saturated rings. The number of hydrogen-bond acceptors (Lipinski definition) is 5. The number of carbonyl (C=O) groups excluding carboxylic acids is 1. The van der Waals surface area contributed by atoms with E-state index in [9.17, 15) is 4.79 Å². The van der Waals surface area contributed by atoms with E-state index < -0.39 is 0 Å². The van der Waals surface area contributed by atoms with Crippen LogP contribution in [0.1, 0.15) is 44.9 Å². The predicted molar refractivity (Wildman–Crippen MR) is 122 cm³/mol. The van der Waals surface area contributed by atoms with Gasteiger partial charge < -0.3 is 10.2 Å². The fourth-order valence-electron chi connectivity index (χ4n) is 4.18. The van der Waals surface area contributed by atoms with Crippen LogP contribution in [-0.4, -0.2) is 35.5 Å². The summed E-state index contributed by atoms with van der Waals surface area (Å²) in [5.41, 5.74) is 1.52. The number of piperidine rings is 1. The van der Waals surface area contributed by atoms with E-state index in [4.69, 9.17) is 0 Å². The second-order valence-electron chi connectivity index (χ2n) is 8.01. The molecule has 2 heterocycles. The lowest BCUT2D eigenvalue weighted by Crippen LogP contribution is -2.41. The lowest BCUT2D eigenvalue weighted by atomic mass is 9.95. The molecular weight excluding hydrogens is 392 g/mol. The van der Waals surface area contributed by atoms with Gasteiger partial charge in [-0.1, -0.05) is 41.6 Å². The van der Waals surface area contributed by atoms with Gasteiger partial charge in [-0.05, 0) is 57.1 Å². The predicted octanol–water partition coefficient (Wildman–Crippen LogP) is 4.85. The van der Waals surface area contributed by atoms with Crippen molar-refractivity contribution in [2.24, 2.45) is 5.92 Å². The molecule has 4 rings (SSSR count). The number of anilines is 1. The molecule has 1 saturated heterocycles. The van der Waals surface area contributed by atoms with Crippen molar-refractivity contribution in [1.29, 1.82) is 0 Å². The highest BCUT2D eigenvalue weighted by Gasteiger charge is 2.27. The van der Waals surface area contributed by atoms with Crippen LogP contribution in [0.2, 0.25) is 0 Å². The maximum Gasteiger partial charge on any atom is 0.223 e. The number of aromatic nitrogens is 2. The number of carbonyl (C=O) groups is 1. The molecule has 0 atom stereocenters. The van der Waals surface area contributed by atoms with Gasteiger partial charge in [0.05, 0.1) is 0 Å². The zero-order valence-corrected chi connectivity index (χ0v) is 18.2. The minimum Gasteiger partial charge on any atom is -0.356 e. The monoisotopic (exact) mass is 422 g/mol. The molecule has 0 radical (unpaired) electrons. The molecule has 1 aromatic heterocycles. The molecule has 0 bridgehead atoms. The van der Waals surface area contributed by atoms with Gasteiger partial charge in [-0.15, -0.1) is 0 Å². The second kappa shape index (κ2) is 10.6. The lowest BCUT2D eigenvalue weighted by molar-refractivity contribution is -0.125. The molecule has 1 N–H and O–H groups in total. The quantitative estimate of drug-likeness (QED) is 0.646. The normalized spacial score (nSPS) is 17.5. The van der Waals surface area contributed by atoms with Gasteiger partial charge in [0.2, 0.25) is 5.91 Å². The Morgan fingerprint density at radius 2 is 1.90 bits per heavy atom. The fraction of sp³-hybridized carbons (Fsp3) is 0.458. The lowest BCUT2D eigenvalue weighted by Gasteiger charge is -2.32. The summed E-state index contributed by atoms with van der Waals surface area (Å²) in [4.78, 5) is 25.2. The Labute approximate surface area is 183 Å². The molecular formula is C24H30N4OS. The molecule has 1 aliphatic carbocycles. The SMILES string of the molecule is O=C(NCCC1=CCCCC1)C1CCN(c2nccnc2Sc2ccccc2)CC1. The highest BCUT2D eigenvalue weighted by molar-refractivity contribution is 7.99. The third-order valence-electron chi connectivity index (χ3n) is 5.90. The van der Waals surface area contributed by atoms with Crippen molar-refractivity contribution in [3.05, 3.63) is 54.4 Å². The van der Waals surface area contributed by atoms with E-state index in [0.717, 1.165) is 54.6 Å². The van der Waals surface area contributed by atoms with Crippen LogP contribution in [0.3, 0.4) is 0 Å². The van der Waals surface area contributed by atoms with Crippen LogP contribution in [0.5, 0.6) is 0 Å². The maximum absolute atomic E-state index is 12.6. The maximum atomic E-state index is 12.6. The van der Waals surface area contributed by atoms with Crippen LogP contribution in [0.4, 0.5) is 5.82 Å². The molecule has 1 aliphatic heterocycles. The second-order valence-corrected chi connectivity index (χ2v) is 9.07. The molecule has 6 heteroatoms. The first kappa shape index (κ1) is 20.9. The van der Waals surface area contributed by atoms with Gasteiger partial charge in [0.15, 0.2) is 5.82 Å². The van der Waals surface area contributed by atoms with Crippen molar-refractivity contribution >= 4 is 23.5 Å². The number of hydrogen-bond donors (Lipinski definition) is 1. The molecule has 2 aliphatic rings. The number of benzene rings is 1. The van der Waals surface area contributed by atoms with Crippen LogP contribution < -0.4 is 10.2 Å². The Hall–Kier alpha value is -2.34. The fourth-order valence-corrected chi connectivity index (χ4v) is 5.09. The standard InChI is InChI=1S/C24H30N4OS/c29-23(26-14-11-19-7-3-1-4-8-19)20-12-17-28(18-13-20)22-24(27-16-15-25-22)30-21-9-5-2-6-10-21/h2,5-7,9-10,15-16,20H,1,3-4,8,11-14,17-18H2,(H,26,29). The van der Waals surface area contributed by atoms with E-state index in [-0.39, 0.29) is 11.8 Å². The van der Waals surface area contributed by atoms with Gasteiger partial charge in [-0.3, -0.25) is 4.79 Å². The van der Waals surface area contributed by atoms with Gasteiger partial charge >= 0.3 is 0 Å². The zero-order chi connectivity index (χ0) is 20.6. The summed E-state index contributed by atoms with van der Waals surface area (Å²) in [6.45, 7) is 2.45. The first-order valence-electron chi connectivity index (χ1n) is 11.0. The first-order chi connectivity index (χ1) is 14.8. The summed E-state index contributed by atoms with van der Waals surface area (Å²) in [5, 5.41) is 4.09. The summed E-state index contributed by atoms with van der Waals surface area (Å²) >= 11 is 1.64. The largest absolute Gasteiger partial charge is 0.356 e. The van der Waals surface area contributed by atoms with Crippen LogP contribution in [0.25, 0.3) is 0 Å². The Kier molecular flexibility index (Phi) is 7.40. The highest BCUT2D eigenvalue weighted by Crippen LogP contribution is 2.33. The molecule has 2 aromatic rings. The molecule has 5 nitrogen and oxygen atoms in total. The van der Waals surface area contributed by atoms with E-state index >= 15 is 0 Å². The molecule has 0 unspecified atom stereocenters. The number of nitrogens with zero attached hydrogens (tertiary/aromatic N) is 3. The summed E-state index contributed by atoms with van der Waals surface area (Å²) < 4.78 is 0. The topological polar surface area (TPSA) is 58.1 Å². The first-order valence-corrected chi connectivity index (χ1v) is 11.9. The Balaban J connectivity index is 1.28. The highest BCUT2D eigenvalue weighted by atomic mass is 32.2. The van der Waals surface area contributed by atoms with Crippen LogP contribution in [-0.2, 0) is 4.79 Å². The summed E-state index contributed by atoms with van der Waals surface area (Å²) in [6.07, 6.45) is 13.6. The number of rotatable bonds is 7. The summed E-state index contributed by atoms with van der Waals surface area (Å²) in [5.74, 6) is 1.24. The molecule has 1 amide bonds. The van der Waals surface area contributed by atoms with Crippen molar-refractivity contribution in [3.63, 3.8) is 0 Å². The van der Waals surface area contributed by atoms with E-state index in [2.05, 4.69) is 38.4 Å². The van der Waals surface area contributed by atoms with Gasteiger partial charge in [0, 0.05) is 42.8 Å². The van der Waals surface area contributed by atoms with Crippen LogP contribution in [0, 0.1) is 5.92 Å². The third kappa shape index (κ3) is 5.63. The van der Waals surface area contributed by atoms with Gasteiger partial charge in [-0.25, -0.2) is 9.97 Å². The minimum absolute atomic E-state index is 0.100. The van der Waals surface area contributed by atoms with Crippen molar-refractivity contribution in [3.8, 4) is 0 Å². The summed E-state index contributed by atoms with van der Waals surface area (Å²) in [6, 6.07) is 10.3. The van der Waals surface area contributed by atoms with Gasteiger partial charge in [0.1, 0.15) is 5.03 Å². The van der Waals surface area contributed by atoms with E-state index in [0.29, 0.717) is 0 Å². The van der Waals surface area contributed by atoms with Crippen molar-refractivity contribution in [1.82, 2.24) is 15.3 Å². The number of amides is 1. The Morgan fingerprint density at radius 3 is 2.67 bits per heavy atom. The average molecular weight is 423 g/mol. The summed E-state index contributed by atoms with van der Waals surface area (Å²) in [7, 11) is 0. The Bertz CT molecular complexity index is 863. The molecule has 0 saturated carbocycles. The molecule has 30 heavy (non-hydrogen) atoms. The van der Waals surface area contributed by atoms with Crippen molar-refractivity contribution in [2.75, 3.05) is 24.5 Å². The molecule has 158 valence electrons. The van der Waals surface area contributed by atoms with Crippen molar-refractivity contribution in [2.45, 2.75) is 54.9 Å². The van der Waals surface area contributed by atoms with E-state index in [1.807, 2.05) is 18.2 Å². The van der Waals surface area contributed by atoms with Crippen molar-refractivity contribution < 1.29 is 4.79 Å². The third-order valence-corrected chi connectivity index (χ3v) is 6.89. The smallest absolute Gasteiger partial charge is 0.223 e. The number of nitrogens with one attached hydrogen (secondary N) is 1. The van der Waals surface area contributed by atoms with E-state index in [1.54, 1.807) is 24.2 Å². The van der Waals surface area contributed by atoms with E-state index in [1.165, 1.54) is 31.3 Å².